The maximum atomic E-state index is 4.64. The van der Waals surface area contributed by atoms with E-state index < -0.39 is 0 Å². The summed E-state index contributed by atoms with van der Waals surface area (Å²) in [7, 11) is 0. The molecule has 1 unspecified atom stereocenters. The molecular weight excluding hydrogens is 314 g/mol. The Balaban J connectivity index is 1.64. The predicted octanol–water partition coefficient (Wildman–Crippen LogP) is 2.45. The highest BCUT2D eigenvalue weighted by Gasteiger charge is 2.27. The quantitative estimate of drug-likeness (QED) is 0.732. The Labute approximate surface area is 146 Å². The molecule has 0 bridgehead atoms. The number of anilines is 1. The minimum Gasteiger partial charge on any atom is -0.340 e. The highest BCUT2D eigenvalue weighted by Crippen LogP contribution is 2.30. The zero-order valence-electron chi connectivity index (χ0n) is 14.5. The summed E-state index contributed by atoms with van der Waals surface area (Å²) in [6.45, 7) is 5.85. The molecule has 1 aliphatic heterocycles. The summed E-state index contributed by atoms with van der Waals surface area (Å²) >= 11 is 0. The lowest BCUT2D eigenvalue weighted by Crippen LogP contribution is -2.36. The van der Waals surface area contributed by atoms with E-state index in [1.807, 2.05) is 30.7 Å². The fourth-order valence-electron chi connectivity index (χ4n) is 3.44. The molecule has 128 valence electrons. The van der Waals surface area contributed by atoms with Crippen LogP contribution in [0.25, 0.3) is 5.82 Å². The second-order valence-electron chi connectivity index (χ2n) is 6.47. The molecule has 1 saturated heterocycles. The summed E-state index contributed by atoms with van der Waals surface area (Å²) in [5.41, 5.74) is 3.01. The average molecular weight is 335 g/mol. The van der Waals surface area contributed by atoms with E-state index in [1.54, 1.807) is 24.9 Å². The fourth-order valence-corrected chi connectivity index (χ4v) is 3.44. The molecule has 0 aromatic carbocycles. The van der Waals surface area contributed by atoms with Gasteiger partial charge >= 0.3 is 0 Å². The zero-order chi connectivity index (χ0) is 17.2. The van der Waals surface area contributed by atoms with E-state index in [0.29, 0.717) is 5.92 Å². The van der Waals surface area contributed by atoms with Gasteiger partial charge in [-0.2, -0.15) is 0 Å². The van der Waals surface area contributed by atoms with E-state index >= 15 is 0 Å². The SMILES string of the molecule is Cc1cc(C)nc(N2CCCC(c3nccnc3-n3ccnc3)C2)n1. The Morgan fingerprint density at radius 1 is 1.04 bits per heavy atom. The molecular formula is C18H21N7. The van der Waals surface area contributed by atoms with Crippen LogP contribution in [0.15, 0.2) is 37.2 Å². The number of hydrogen-bond acceptors (Lipinski definition) is 6. The van der Waals surface area contributed by atoms with Gasteiger partial charge in [-0.15, -0.1) is 0 Å². The van der Waals surface area contributed by atoms with Gasteiger partial charge in [0.15, 0.2) is 5.82 Å². The number of aryl methyl sites for hydroxylation is 2. The van der Waals surface area contributed by atoms with Crippen LogP contribution in [-0.4, -0.2) is 42.6 Å². The molecule has 4 rings (SSSR count). The second-order valence-corrected chi connectivity index (χ2v) is 6.47. The van der Waals surface area contributed by atoms with Crippen LogP contribution in [0.2, 0.25) is 0 Å². The van der Waals surface area contributed by atoms with E-state index in [1.165, 1.54) is 0 Å². The van der Waals surface area contributed by atoms with Crippen molar-refractivity contribution >= 4 is 5.95 Å². The second kappa shape index (κ2) is 6.58. The summed E-state index contributed by atoms with van der Waals surface area (Å²) < 4.78 is 1.93. The molecule has 0 amide bonds. The van der Waals surface area contributed by atoms with Crippen molar-refractivity contribution < 1.29 is 0 Å². The fraction of sp³-hybridized carbons (Fsp3) is 0.389. The third kappa shape index (κ3) is 3.22. The Morgan fingerprint density at radius 3 is 2.60 bits per heavy atom. The lowest BCUT2D eigenvalue weighted by Gasteiger charge is -2.33. The molecule has 1 aliphatic rings. The van der Waals surface area contributed by atoms with Crippen LogP contribution >= 0.6 is 0 Å². The smallest absolute Gasteiger partial charge is 0.225 e. The highest BCUT2D eigenvalue weighted by atomic mass is 15.3. The predicted molar refractivity (Wildman–Crippen MR) is 94.8 cm³/mol. The van der Waals surface area contributed by atoms with Gasteiger partial charge in [-0.3, -0.25) is 9.55 Å². The number of hydrogen-bond donors (Lipinski definition) is 0. The molecule has 0 saturated carbocycles. The number of nitrogens with zero attached hydrogens (tertiary/aromatic N) is 7. The normalized spacial score (nSPS) is 17.7. The number of aromatic nitrogens is 6. The Morgan fingerprint density at radius 2 is 1.84 bits per heavy atom. The van der Waals surface area contributed by atoms with E-state index in [-0.39, 0.29) is 0 Å². The Hall–Kier alpha value is -2.83. The summed E-state index contributed by atoms with van der Waals surface area (Å²) in [5, 5.41) is 0. The van der Waals surface area contributed by atoms with Crippen molar-refractivity contribution in [3.63, 3.8) is 0 Å². The monoisotopic (exact) mass is 335 g/mol. The molecule has 4 heterocycles. The molecule has 7 heteroatoms. The first-order chi connectivity index (χ1) is 12.2. The average Bonchev–Trinajstić information content (AvgIpc) is 3.16. The van der Waals surface area contributed by atoms with Gasteiger partial charge in [-0.05, 0) is 32.8 Å². The molecule has 0 aliphatic carbocycles. The van der Waals surface area contributed by atoms with Gasteiger partial charge in [0.1, 0.15) is 6.33 Å². The van der Waals surface area contributed by atoms with Crippen LogP contribution in [-0.2, 0) is 0 Å². The molecule has 0 radical (unpaired) electrons. The molecule has 3 aromatic rings. The largest absolute Gasteiger partial charge is 0.340 e. The topological polar surface area (TPSA) is 72.6 Å². The minimum atomic E-state index is 0.296. The molecule has 0 N–H and O–H groups in total. The van der Waals surface area contributed by atoms with Gasteiger partial charge in [-0.1, -0.05) is 0 Å². The molecule has 25 heavy (non-hydrogen) atoms. The van der Waals surface area contributed by atoms with Gasteiger partial charge in [0.2, 0.25) is 5.95 Å². The molecule has 7 nitrogen and oxygen atoms in total. The van der Waals surface area contributed by atoms with E-state index in [9.17, 15) is 0 Å². The lowest BCUT2D eigenvalue weighted by molar-refractivity contribution is 0.491. The van der Waals surface area contributed by atoms with E-state index in [0.717, 1.165) is 54.8 Å². The number of piperidine rings is 1. The number of imidazole rings is 1. The van der Waals surface area contributed by atoms with Gasteiger partial charge in [-0.25, -0.2) is 19.9 Å². The molecule has 0 spiro atoms. The van der Waals surface area contributed by atoms with Gasteiger partial charge in [0, 0.05) is 55.2 Å². The Kier molecular flexibility index (Phi) is 4.13. The first-order valence-corrected chi connectivity index (χ1v) is 8.57. The lowest BCUT2D eigenvalue weighted by atomic mass is 9.94. The summed E-state index contributed by atoms with van der Waals surface area (Å²) in [6.07, 6.45) is 11.1. The van der Waals surface area contributed by atoms with Crippen molar-refractivity contribution in [2.24, 2.45) is 0 Å². The molecule has 1 atom stereocenters. The van der Waals surface area contributed by atoms with Crippen LogP contribution in [0.1, 0.15) is 35.8 Å². The van der Waals surface area contributed by atoms with Crippen LogP contribution in [0.3, 0.4) is 0 Å². The summed E-state index contributed by atoms with van der Waals surface area (Å²) in [5.74, 6) is 1.97. The third-order valence-corrected chi connectivity index (χ3v) is 4.52. The Bertz CT molecular complexity index is 839. The summed E-state index contributed by atoms with van der Waals surface area (Å²) in [6, 6.07) is 2.00. The van der Waals surface area contributed by atoms with Gasteiger partial charge in [0.25, 0.3) is 0 Å². The van der Waals surface area contributed by atoms with Crippen molar-refractivity contribution in [3.8, 4) is 5.82 Å². The zero-order valence-corrected chi connectivity index (χ0v) is 14.5. The highest BCUT2D eigenvalue weighted by molar-refractivity contribution is 5.37. The third-order valence-electron chi connectivity index (χ3n) is 4.52. The summed E-state index contributed by atoms with van der Waals surface area (Å²) in [4.78, 5) is 24.8. The van der Waals surface area contributed by atoms with Crippen molar-refractivity contribution in [1.82, 2.24) is 29.5 Å². The first-order valence-electron chi connectivity index (χ1n) is 8.57. The van der Waals surface area contributed by atoms with Gasteiger partial charge < -0.3 is 4.90 Å². The molecule has 3 aromatic heterocycles. The van der Waals surface area contributed by atoms with Gasteiger partial charge in [0.05, 0.1) is 5.69 Å². The first kappa shape index (κ1) is 15.7. The van der Waals surface area contributed by atoms with E-state index in [2.05, 4.69) is 29.8 Å². The van der Waals surface area contributed by atoms with Crippen LogP contribution in [0.4, 0.5) is 5.95 Å². The van der Waals surface area contributed by atoms with Crippen molar-refractivity contribution in [2.75, 3.05) is 18.0 Å². The minimum absolute atomic E-state index is 0.296. The van der Waals surface area contributed by atoms with E-state index in [4.69, 9.17) is 0 Å². The van der Waals surface area contributed by atoms with Crippen molar-refractivity contribution in [1.29, 1.82) is 0 Å². The van der Waals surface area contributed by atoms with Crippen molar-refractivity contribution in [3.05, 3.63) is 54.3 Å². The maximum Gasteiger partial charge on any atom is 0.225 e. The van der Waals surface area contributed by atoms with Crippen LogP contribution in [0, 0.1) is 13.8 Å². The molecule has 1 fully saturated rings. The van der Waals surface area contributed by atoms with Crippen molar-refractivity contribution in [2.45, 2.75) is 32.6 Å². The standard InChI is InChI=1S/C18H21N7/c1-13-10-14(2)23-18(22-13)24-8-3-4-15(11-24)16-17(21-6-5-20-16)25-9-7-19-12-25/h5-7,9-10,12,15H,3-4,8,11H2,1-2H3. The van der Waals surface area contributed by atoms with Crippen LogP contribution in [0.5, 0.6) is 0 Å². The van der Waals surface area contributed by atoms with Crippen LogP contribution < -0.4 is 4.90 Å². The number of rotatable bonds is 3. The maximum absolute atomic E-state index is 4.64.